The largest absolute Gasteiger partial charge is 0.601 e. The van der Waals surface area contributed by atoms with Gasteiger partial charge < -0.3 is 0 Å². The first-order valence-electron chi connectivity index (χ1n) is 5.58. The molecule has 3 aromatic rings. The van der Waals surface area contributed by atoms with Crippen LogP contribution in [0, 0.1) is 10.1 Å². The molecule has 3 rings (SSSR count). The summed E-state index contributed by atoms with van der Waals surface area (Å²) in [5, 5.41) is 11.7. The number of alkyl halides is 3. The van der Waals surface area contributed by atoms with Gasteiger partial charge in [0, 0.05) is 16.8 Å². The zero-order chi connectivity index (χ0) is 14.5. The SMILES string of the molecule is O=[N+]([O-])c1ccc2c3ccccc3[s+](C(F)(F)F)c2c1. The van der Waals surface area contributed by atoms with Crippen LogP contribution in [0.2, 0.25) is 0 Å². The highest BCUT2D eigenvalue weighted by Gasteiger charge is 2.47. The maximum atomic E-state index is 13.3. The molecule has 0 N–H and O–H groups in total. The lowest BCUT2D eigenvalue weighted by atomic mass is 10.1. The van der Waals surface area contributed by atoms with Gasteiger partial charge in [0.1, 0.15) is 10.5 Å². The van der Waals surface area contributed by atoms with Crippen LogP contribution in [0.25, 0.3) is 20.2 Å². The molecule has 20 heavy (non-hydrogen) atoms. The smallest absolute Gasteiger partial charge is 0.258 e. The Morgan fingerprint density at radius 3 is 2.30 bits per heavy atom. The van der Waals surface area contributed by atoms with Crippen molar-refractivity contribution in [2.45, 2.75) is 5.51 Å². The van der Waals surface area contributed by atoms with Crippen LogP contribution < -0.4 is 0 Å². The van der Waals surface area contributed by atoms with E-state index in [0.29, 0.717) is 10.8 Å². The number of thiophene rings is 1. The van der Waals surface area contributed by atoms with Gasteiger partial charge in [0.25, 0.3) is 5.69 Å². The second kappa shape index (κ2) is 4.17. The molecule has 1 atom stereocenters. The minimum Gasteiger partial charge on any atom is -0.258 e. The summed E-state index contributed by atoms with van der Waals surface area (Å²) in [5.74, 6) is 0. The normalized spacial score (nSPS) is 13.1. The van der Waals surface area contributed by atoms with E-state index < -0.39 is 20.9 Å². The second-order valence-electron chi connectivity index (χ2n) is 4.19. The van der Waals surface area contributed by atoms with Crippen molar-refractivity contribution in [3.63, 3.8) is 0 Å². The maximum absolute atomic E-state index is 13.3. The zero-order valence-electron chi connectivity index (χ0n) is 9.85. The van der Waals surface area contributed by atoms with Crippen LogP contribution in [-0.4, -0.2) is 4.92 Å². The Morgan fingerprint density at radius 1 is 1.00 bits per heavy atom. The van der Waals surface area contributed by atoms with Crippen molar-refractivity contribution in [3.8, 4) is 0 Å². The molecule has 0 aliphatic carbocycles. The minimum atomic E-state index is -4.45. The summed E-state index contributed by atoms with van der Waals surface area (Å²) < 4.78 is 40.0. The molecule has 0 radical (unpaired) electrons. The molecule has 0 amide bonds. The molecule has 0 saturated carbocycles. The summed E-state index contributed by atoms with van der Waals surface area (Å²) in [4.78, 5) is 10.1. The molecule has 0 fully saturated rings. The van der Waals surface area contributed by atoms with E-state index in [1.807, 2.05) is 0 Å². The highest BCUT2D eigenvalue weighted by atomic mass is 32.2. The third-order valence-corrected chi connectivity index (χ3v) is 5.06. The first-order valence-corrected chi connectivity index (χ1v) is 6.81. The van der Waals surface area contributed by atoms with E-state index in [4.69, 9.17) is 0 Å². The number of hydrogen-bond acceptors (Lipinski definition) is 2. The predicted molar refractivity (Wildman–Crippen MR) is 71.9 cm³/mol. The summed E-state index contributed by atoms with van der Waals surface area (Å²) in [6, 6.07) is 9.91. The Kier molecular flexibility index (Phi) is 2.68. The Hall–Kier alpha value is -2.15. The number of nitro benzene ring substituents is 1. The van der Waals surface area contributed by atoms with Crippen LogP contribution in [0.1, 0.15) is 0 Å². The first kappa shape index (κ1) is 12.9. The van der Waals surface area contributed by atoms with E-state index in [1.165, 1.54) is 18.2 Å². The molecule has 1 aromatic heterocycles. The van der Waals surface area contributed by atoms with Crippen molar-refractivity contribution >= 4 is 36.3 Å². The molecular weight excluding hydrogens is 291 g/mol. The second-order valence-corrected chi connectivity index (χ2v) is 6.14. The van der Waals surface area contributed by atoms with Gasteiger partial charge in [-0.2, -0.15) is 0 Å². The summed E-state index contributed by atoms with van der Waals surface area (Å²) in [6.45, 7) is 0. The van der Waals surface area contributed by atoms with Gasteiger partial charge in [-0.15, -0.1) is 13.2 Å². The number of nitro groups is 1. The third kappa shape index (κ3) is 1.82. The Labute approximate surface area is 113 Å². The van der Waals surface area contributed by atoms with Crippen LogP contribution in [-0.2, 0) is 5.51 Å². The number of fused-ring (bicyclic) bond motifs is 3. The molecule has 2 aromatic carbocycles. The highest BCUT2D eigenvalue weighted by molar-refractivity contribution is 7.43. The van der Waals surface area contributed by atoms with Gasteiger partial charge in [-0.25, -0.2) is 0 Å². The number of rotatable bonds is 1. The van der Waals surface area contributed by atoms with E-state index in [9.17, 15) is 23.3 Å². The molecule has 7 heteroatoms. The van der Waals surface area contributed by atoms with E-state index in [1.54, 1.807) is 18.2 Å². The van der Waals surface area contributed by atoms with Crippen molar-refractivity contribution in [2.24, 2.45) is 0 Å². The van der Waals surface area contributed by atoms with Gasteiger partial charge in [-0.05, 0) is 18.2 Å². The van der Waals surface area contributed by atoms with E-state index in [2.05, 4.69) is 0 Å². The molecule has 0 aliphatic heterocycles. The minimum absolute atomic E-state index is 0.0205. The molecule has 1 unspecified atom stereocenters. The van der Waals surface area contributed by atoms with Crippen molar-refractivity contribution in [3.05, 3.63) is 52.6 Å². The van der Waals surface area contributed by atoms with Crippen LogP contribution in [0.3, 0.4) is 0 Å². The highest BCUT2D eigenvalue weighted by Crippen LogP contribution is 2.54. The number of benzene rings is 2. The average Bonchev–Trinajstić information content (AvgIpc) is 2.71. The number of nitrogens with zero attached hydrogens (tertiary/aromatic N) is 1. The van der Waals surface area contributed by atoms with Gasteiger partial charge in [0.05, 0.1) is 11.0 Å². The van der Waals surface area contributed by atoms with E-state index in [0.717, 1.165) is 6.07 Å². The van der Waals surface area contributed by atoms with Gasteiger partial charge >= 0.3 is 5.51 Å². The summed E-state index contributed by atoms with van der Waals surface area (Å²) in [7, 11) is -2.13. The lowest BCUT2D eigenvalue weighted by Gasteiger charge is -1.96. The van der Waals surface area contributed by atoms with Crippen molar-refractivity contribution in [2.75, 3.05) is 0 Å². The van der Waals surface area contributed by atoms with Gasteiger partial charge in [-0.1, -0.05) is 12.1 Å². The summed E-state index contributed by atoms with van der Waals surface area (Å²) >= 11 is 0. The Morgan fingerprint density at radius 2 is 1.65 bits per heavy atom. The fourth-order valence-electron chi connectivity index (χ4n) is 2.25. The lowest BCUT2D eigenvalue weighted by molar-refractivity contribution is -0.384. The molecule has 0 saturated heterocycles. The van der Waals surface area contributed by atoms with Gasteiger partial charge in [0.15, 0.2) is 9.40 Å². The monoisotopic (exact) mass is 298 g/mol. The average molecular weight is 298 g/mol. The van der Waals surface area contributed by atoms with Crippen LogP contribution in [0.5, 0.6) is 0 Å². The van der Waals surface area contributed by atoms with E-state index in [-0.39, 0.29) is 15.1 Å². The van der Waals surface area contributed by atoms with Gasteiger partial charge in [-0.3, -0.25) is 10.1 Å². The Bertz CT molecular complexity index is 839. The molecule has 0 spiro atoms. The van der Waals surface area contributed by atoms with Crippen LogP contribution >= 0.6 is 10.5 Å². The third-order valence-electron chi connectivity index (χ3n) is 3.02. The predicted octanol–water partition coefficient (Wildman–Crippen LogP) is 5.13. The first-order chi connectivity index (χ1) is 9.39. The zero-order valence-corrected chi connectivity index (χ0v) is 10.7. The molecule has 0 aliphatic rings. The lowest BCUT2D eigenvalue weighted by Crippen LogP contribution is -1.95. The number of hydrogen-bond donors (Lipinski definition) is 0. The maximum Gasteiger partial charge on any atom is 0.601 e. The van der Waals surface area contributed by atoms with Crippen LogP contribution in [0.4, 0.5) is 18.9 Å². The van der Waals surface area contributed by atoms with Crippen molar-refractivity contribution < 1.29 is 18.1 Å². The number of halogens is 3. The standard InChI is InChI=1S/C13H7F3NO2S/c14-13(15,16)20-11-4-2-1-3-9(11)10-6-5-8(17(18)19)7-12(10)20/h1-7H/q+1. The van der Waals surface area contributed by atoms with Crippen molar-refractivity contribution in [1.82, 2.24) is 0 Å². The van der Waals surface area contributed by atoms with E-state index >= 15 is 0 Å². The topological polar surface area (TPSA) is 43.1 Å². The van der Waals surface area contributed by atoms with Gasteiger partial charge in [0.2, 0.25) is 0 Å². The molecule has 0 bridgehead atoms. The summed E-state index contributed by atoms with van der Waals surface area (Å²) in [5.41, 5.74) is -4.77. The summed E-state index contributed by atoms with van der Waals surface area (Å²) in [6.07, 6.45) is 0. The fourth-order valence-corrected chi connectivity index (χ4v) is 4.24. The Balaban J connectivity index is 2.52. The molecule has 3 nitrogen and oxygen atoms in total. The quantitative estimate of drug-likeness (QED) is 0.355. The molecule has 1 heterocycles. The fraction of sp³-hybridized carbons (Fsp3) is 0.0769. The number of non-ortho nitro benzene ring substituents is 1. The van der Waals surface area contributed by atoms with Crippen molar-refractivity contribution in [1.29, 1.82) is 0 Å². The molecule has 102 valence electrons. The molecular formula is C13H7F3NO2S+. The van der Waals surface area contributed by atoms with Crippen LogP contribution in [0.15, 0.2) is 42.5 Å².